The number of ether oxygens (including phenoxy) is 1. The number of halogens is 3. The van der Waals surface area contributed by atoms with Crippen LogP contribution in [0.25, 0.3) is 10.9 Å². The van der Waals surface area contributed by atoms with Gasteiger partial charge in [-0.3, -0.25) is 4.79 Å². The fraction of sp³-hybridized carbons (Fsp3) is 0.609. The zero-order chi connectivity index (χ0) is 21.8. The fourth-order valence-electron chi connectivity index (χ4n) is 4.82. The number of aromatic nitrogens is 1. The predicted octanol–water partition coefficient (Wildman–Crippen LogP) is 4.50. The minimum Gasteiger partial charge on any atom is -0.381 e. The lowest BCUT2D eigenvalue weighted by Gasteiger charge is -2.38. The van der Waals surface area contributed by atoms with Crippen LogP contribution in [0.15, 0.2) is 30.3 Å². The predicted molar refractivity (Wildman–Crippen MR) is 113 cm³/mol. The molecule has 4 rings (SSSR count). The summed E-state index contributed by atoms with van der Waals surface area (Å²) < 4.78 is 45.6. The lowest BCUT2D eigenvalue weighted by atomic mass is 9.89. The monoisotopic (exact) mass is 437 g/mol. The van der Waals surface area contributed by atoms with Gasteiger partial charge in [0.1, 0.15) is 12.2 Å². The summed E-state index contributed by atoms with van der Waals surface area (Å²) >= 11 is 0. The highest BCUT2D eigenvalue weighted by molar-refractivity contribution is 5.98. The van der Waals surface area contributed by atoms with Gasteiger partial charge in [0.05, 0.1) is 0 Å². The number of para-hydroxylation sites is 1. The maximum Gasteiger partial charge on any atom is 0.406 e. The summed E-state index contributed by atoms with van der Waals surface area (Å²) in [6.45, 7) is 1.19. The highest BCUT2D eigenvalue weighted by Crippen LogP contribution is 2.29. The highest BCUT2D eigenvalue weighted by Gasteiger charge is 2.39. The fourth-order valence-corrected chi connectivity index (χ4v) is 4.82. The van der Waals surface area contributed by atoms with Gasteiger partial charge in [-0.05, 0) is 63.1 Å². The Morgan fingerprint density at radius 1 is 1.16 bits per heavy atom. The van der Waals surface area contributed by atoms with E-state index in [0.717, 1.165) is 61.2 Å². The number of rotatable bonds is 6. The third kappa shape index (κ3) is 5.80. The van der Waals surface area contributed by atoms with Gasteiger partial charge < -0.3 is 19.9 Å². The van der Waals surface area contributed by atoms with Crippen molar-refractivity contribution < 1.29 is 22.7 Å². The maximum atomic E-state index is 13.4. The Morgan fingerprint density at radius 3 is 2.68 bits per heavy atom. The standard InChI is InChI=1S/C23H30F3N3O2/c24-23(25,26)15-29(22(30)21-12-17-4-1-2-7-20(17)28-21)19-6-3-5-18(13-19)27-14-16-8-10-31-11-9-16/h1-2,4,7,12,16,18-19,27-28H,3,5-6,8-11,13-15H2. The number of aromatic amines is 1. The molecule has 1 amide bonds. The second-order valence-corrected chi connectivity index (χ2v) is 8.80. The minimum absolute atomic E-state index is 0.132. The van der Waals surface area contributed by atoms with Crippen molar-refractivity contribution in [3.8, 4) is 0 Å². The maximum absolute atomic E-state index is 13.4. The molecule has 1 aromatic carbocycles. The van der Waals surface area contributed by atoms with Crippen LogP contribution in [0.3, 0.4) is 0 Å². The van der Waals surface area contributed by atoms with Crippen molar-refractivity contribution in [2.75, 3.05) is 26.3 Å². The van der Waals surface area contributed by atoms with Crippen LogP contribution in [0.4, 0.5) is 13.2 Å². The third-order valence-corrected chi connectivity index (χ3v) is 6.49. The summed E-state index contributed by atoms with van der Waals surface area (Å²) in [6, 6.07) is 8.67. The first-order valence-corrected chi connectivity index (χ1v) is 11.2. The second kappa shape index (κ2) is 9.61. The number of carbonyl (C=O) groups is 1. The van der Waals surface area contributed by atoms with E-state index in [1.165, 1.54) is 0 Å². The van der Waals surface area contributed by atoms with E-state index in [-0.39, 0.29) is 11.7 Å². The van der Waals surface area contributed by atoms with Crippen LogP contribution >= 0.6 is 0 Å². The third-order valence-electron chi connectivity index (χ3n) is 6.49. The molecular weight excluding hydrogens is 407 g/mol. The summed E-state index contributed by atoms with van der Waals surface area (Å²) in [5.41, 5.74) is 0.959. The molecule has 2 atom stereocenters. The number of nitrogens with one attached hydrogen (secondary N) is 2. The van der Waals surface area contributed by atoms with E-state index in [0.29, 0.717) is 18.8 Å². The van der Waals surface area contributed by atoms with Crippen LogP contribution in [0.5, 0.6) is 0 Å². The van der Waals surface area contributed by atoms with Gasteiger partial charge in [-0.25, -0.2) is 0 Å². The number of nitrogens with zero attached hydrogens (tertiary/aromatic N) is 1. The molecule has 5 nitrogen and oxygen atoms in total. The van der Waals surface area contributed by atoms with Crippen molar-refractivity contribution in [3.63, 3.8) is 0 Å². The molecule has 2 fully saturated rings. The number of carbonyl (C=O) groups excluding carboxylic acids is 1. The molecule has 0 radical (unpaired) electrons. The largest absolute Gasteiger partial charge is 0.406 e. The Morgan fingerprint density at radius 2 is 1.94 bits per heavy atom. The Kier molecular flexibility index (Phi) is 6.86. The summed E-state index contributed by atoms with van der Waals surface area (Å²) in [4.78, 5) is 17.2. The molecule has 2 aliphatic rings. The molecule has 2 aromatic rings. The summed E-state index contributed by atoms with van der Waals surface area (Å²) in [5.74, 6) is -0.0306. The van der Waals surface area contributed by atoms with Gasteiger partial charge in [0, 0.05) is 36.2 Å². The average molecular weight is 438 g/mol. The first kappa shape index (κ1) is 22.1. The Balaban J connectivity index is 1.46. The SMILES string of the molecule is O=C(c1cc2ccccc2[nH]1)N(CC(F)(F)F)C1CCCC(NCC2CCOCC2)C1. The molecule has 2 unspecified atom stereocenters. The van der Waals surface area contributed by atoms with Gasteiger partial charge in [0.25, 0.3) is 5.91 Å². The molecule has 0 bridgehead atoms. The molecule has 0 spiro atoms. The van der Waals surface area contributed by atoms with Crippen LogP contribution in [0, 0.1) is 5.92 Å². The quantitative estimate of drug-likeness (QED) is 0.700. The van der Waals surface area contributed by atoms with Crippen LogP contribution in [-0.2, 0) is 4.74 Å². The molecule has 1 aliphatic carbocycles. The molecular formula is C23H30F3N3O2. The Bertz CT molecular complexity index is 843. The summed E-state index contributed by atoms with van der Waals surface area (Å²) in [6.07, 6.45) is 0.474. The van der Waals surface area contributed by atoms with Gasteiger partial charge in [-0.1, -0.05) is 18.2 Å². The molecule has 8 heteroatoms. The lowest BCUT2D eigenvalue weighted by Crippen LogP contribution is -2.50. The van der Waals surface area contributed by atoms with Gasteiger partial charge in [-0.2, -0.15) is 13.2 Å². The van der Waals surface area contributed by atoms with Crippen LogP contribution < -0.4 is 5.32 Å². The zero-order valence-corrected chi connectivity index (χ0v) is 17.6. The Labute approximate surface area is 180 Å². The van der Waals surface area contributed by atoms with E-state index in [4.69, 9.17) is 4.74 Å². The number of hydrogen-bond donors (Lipinski definition) is 2. The number of amides is 1. The topological polar surface area (TPSA) is 57.4 Å². The van der Waals surface area contributed by atoms with Crippen molar-refractivity contribution in [2.45, 2.75) is 56.8 Å². The number of fused-ring (bicyclic) bond motifs is 1. The molecule has 1 saturated carbocycles. The second-order valence-electron chi connectivity index (χ2n) is 8.80. The van der Waals surface area contributed by atoms with E-state index in [2.05, 4.69) is 10.3 Å². The molecule has 2 N–H and O–H groups in total. The zero-order valence-electron chi connectivity index (χ0n) is 17.6. The minimum atomic E-state index is -4.44. The molecule has 1 aliphatic heterocycles. The number of H-pyrrole nitrogens is 1. The van der Waals surface area contributed by atoms with Crippen molar-refractivity contribution >= 4 is 16.8 Å². The molecule has 1 aromatic heterocycles. The summed E-state index contributed by atoms with van der Waals surface area (Å²) in [7, 11) is 0. The van der Waals surface area contributed by atoms with E-state index in [1.54, 1.807) is 6.07 Å². The molecule has 170 valence electrons. The van der Waals surface area contributed by atoms with Crippen molar-refractivity contribution in [1.29, 1.82) is 0 Å². The average Bonchev–Trinajstić information content (AvgIpc) is 3.20. The van der Waals surface area contributed by atoms with Crippen molar-refractivity contribution in [1.82, 2.24) is 15.2 Å². The van der Waals surface area contributed by atoms with Gasteiger partial charge >= 0.3 is 6.18 Å². The molecule has 1 saturated heterocycles. The molecule has 31 heavy (non-hydrogen) atoms. The number of benzene rings is 1. The van der Waals surface area contributed by atoms with Gasteiger partial charge in [-0.15, -0.1) is 0 Å². The van der Waals surface area contributed by atoms with E-state index < -0.39 is 24.7 Å². The molecule has 2 heterocycles. The lowest BCUT2D eigenvalue weighted by molar-refractivity contribution is -0.146. The van der Waals surface area contributed by atoms with Crippen LogP contribution in [0.2, 0.25) is 0 Å². The van der Waals surface area contributed by atoms with Crippen molar-refractivity contribution in [3.05, 3.63) is 36.0 Å². The van der Waals surface area contributed by atoms with E-state index in [9.17, 15) is 18.0 Å². The first-order valence-electron chi connectivity index (χ1n) is 11.2. The van der Waals surface area contributed by atoms with E-state index >= 15 is 0 Å². The normalized spacial score (nSPS) is 23.2. The number of alkyl halides is 3. The first-order chi connectivity index (χ1) is 14.9. The van der Waals surface area contributed by atoms with Crippen molar-refractivity contribution in [2.24, 2.45) is 5.92 Å². The van der Waals surface area contributed by atoms with Crippen LogP contribution in [0.1, 0.15) is 49.0 Å². The number of hydrogen-bond acceptors (Lipinski definition) is 3. The summed E-state index contributed by atoms with van der Waals surface area (Å²) in [5, 5.41) is 4.37. The van der Waals surface area contributed by atoms with Gasteiger partial charge in [0.2, 0.25) is 0 Å². The van der Waals surface area contributed by atoms with Crippen LogP contribution in [-0.4, -0.2) is 60.4 Å². The Hall–Kier alpha value is -2.06. The highest BCUT2D eigenvalue weighted by atomic mass is 19.4. The van der Waals surface area contributed by atoms with E-state index in [1.807, 2.05) is 24.3 Å². The van der Waals surface area contributed by atoms with Gasteiger partial charge in [0.15, 0.2) is 0 Å². The smallest absolute Gasteiger partial charge is 0.381 e.